The summed E-state index contributed by atoms with van der Waals surface area (Å²) in [6.07, 6.45) is 0. The van der Waals surface area contributed by atoms with Crippen LogP contribution in [0.1, 0.15) is 10.4 Å². The van der Waals surface area contributed by atoms with Gasteiger partial charge in [-0.1, -0.05) is 23.2 Å². The van der Waals surface area contributed by atoms with E-state index in [2.05, 4.69) is 20.7 Å². The molecule has 128 valence electrons. The maximum atomic E-state index is 12.4. The molecule has 3 aromatic rings. The van der Waals surface area contributed by atoms with Gasteiger partial charge in [-0.3, -0.25) is 9.59 Å². The van der Waals surface area contributed by atoms with E-state index >= 15 is 0 Å². The van der Waals surface area contributed by atoms with Crippen LogP contribution >= 0.6 is 23.2 Å². The zero-order valence-electron chi connectivity index (χ0n) is 13.1. The summed E-state index contributed by atoms with van der Waals surface area (Å²) in [4.78, 5) is 25.9. The molecular weight excluding hydrogens is 365 g/mol. The number of nitrogens with one attached hydrogen (secondary N) is 2. The van der Waals surface area contributed by atoms with E-state index in [1.165, 1.54) is 4.90 Å². The van der Waals surface area contributed by atoms with Crippen LogP contribution in [0.15, 0.2) is 36.4 Å². The van der Waals surface area contributed by atoms with Crippen molar-refractivity contribution >= 4 is 51.7 Å². The second-order valence-electron chi connectivity index (χ2n) is 5.37. The Morgan fingerprint density at radius 1 is 1.08 bits per heavy atom. The number of hydrogen-bond donors (Lipinski definition) is 2. The van der Waals surface area contributed by atoms with Crippen molar-refractivity contribution in [1.82, 2.24) is 20.3 Å². The second kappa shape index (κ2) is 7.08. The zero-order chi connectivity index (χ0) is 18.0. The average Bonchev–Trinajstić information content (AvgIpc) is 3.05. The molecular formula is C16H13Cl2N5O2. The summed E-state index contributed by atoms with van der Waals surface area (Å²) < 4.78 is 0. The SMILES string of the molecule is CN(CC(=O)Nc1ccc(Cl)c(Cl)c1)C(=O)c1ccc2n[nH]nc2c1. The summed E-state index contributed by atoms with van der Waals surface area (Å²) in [6.45, 7) is -0.115. The highest BCUT2D eigenvalue weighted by Gasteiger charge is 2.16. The van der Waals surface area contributed by atoms with Crippen LogP contribution in [0.25, 0.3) is 11.0 Å². The van der Waals surface area contributed by atoms with Crippen LogP contribution in [-0.4, -0.2) is 45.7 Å². The summed E-state index contributed by atoms with van der Waals surface area (Å²) in [5.74, 6) is -0.647. The van der Waals surface area contributed by atoms with Crippen molar-refractivity contribution in [2.45, 2.75) is 0 Å². The first-order valence-corrected chi connectivity index (χ1v) is 8.00. The van der Waals surface area contributed by atoms with Crippen molar-refractivity contribution in [3.8, 4) is 0 Å². The van der Waals surface area contributed by atoms with Gasteiger partial charge in [0.2, 0.25) is 5.91 Å². The van der Waals surface area contributed by atoms with Gasteiger partial charge in [0.15, 0.2) is 0 Å². The lowest BCUT2D eigenvalue weighted by atomic mass is 10.2. The Morgan fingerprint density at radius 2 is 1.84 bits per heavy atom. The lowest BCUT2D eigenvalue weighted by molar-refractivity contribution is -0.116. The molecule has 7 nitrogen and oxygen atoms in total. The number of amides is 2. The Kier molecular flexibility index (Phi) is 4.87. The van der Waals surface area contributed by atoms with Crippen molar-refractivity contribution in [2.75, 3.05) is 18.9 Å². The van der Waals surface area contributed by atoms with E-state index in [1.807, 2.05) is 0 Å². The number of aromatic amines is 1. The highest BCUT2D eigenvalue weighted by molar-refractivity contribution is 6.42. The monoisotopic (exact) mass is 377 g/mol. The Balaban J connectivity index is 1.65. The van der Waals surface area contributed by atoms with Crippen molar-refractivity contribution in [3.05, 3.63) is 52.0 Å². The summed E-state index contributed by atoms with van der Waals surface area (Å²) in [5, 5.41) is 13.8. The topological polar surface area (TPSA) is 91.0 Å². The number of halogens is 2. The maximum Gasteiger partial charge on any atom is 0.254 e. The lowest BCUT2D eigenvalue weighted by Gasteiger charge is -2.17. The van der Waals surface area contributed by atoms with Gasteiger partial charge < -0.3 is 10.2 Å². The van der Waals surface area contributed by atoms with Gasteiger partial charge in [0, 0.05) is 18.3 Å². The molecule has 2 N–H and O–H groups in total. The number of carbonyl (C=O) groups excluding carboxylic acids is 2. The van der Waals surface area contributed by atoms with E-state index < -0.39 is 0 Å². The van der Waals surface area contributed by atoms with Gasteiger partial charge in [0.1, 0.15) is 11.0 Å². The number of benzene rings is 2. The van der Waals surface area contributed by atoms with Gasteiger partial charge in [0.05, 0.1) is 16.6 Å². The third-order valence-corrected chi connectivity index (χ3v) is 4.23. The van der Waals surface area contributed by atoms with Gasteiger partial charge in [-0.05, 0) is 36.4 Å². The van der Waals surface area contributed by atoms with Crippen molar-refractivity contribution in [1.29, 1.82) is 0 Å². The fourth-order valence-corrected chi connectivity index (χ4v) is 2.55. The molecule has 0 aliphatic carbocycles. The van der Waals surface area contributed by atoms with Crippen LogP contribution in [-0.2, 0) is 4.79 Å². The number of fused-ring (bicyclic) bond motifs is 1. The number of carbonyl (C=O) groups is 2. The summed E-state index contributed by atoms with van der Waals surface area (Å²) in [5.41, 5.74) is 2.17. The number of hydrogen-bond acceptors (Lipinski definition) is 4. The van der Waals surface area contributed by atoms with Crippen LogP contribution in [0, 0.1) is 0 Å². The molecule has 9 heteroatoms. The molecule has 3 rings (SSSR count). The quantitative estimate of drug-likeness (QED) is 0.730. The van der Waals surface area contributed by atoms with Crippen LogP contribution < -0.4 is 5.32 Å². The average molecular weight is 378 g/mol. The Morgan fingerprint density at radius 3 is 2.60 bits per heavy atom. The number of aromatic nitrogens is 3. The predicted octanol–water partition coefficient (Wildman–Crippen LogP) is 2.98. The van der Waals surface area contributed by atoms with E-state index in [0.717, 1.165) is 0 Å². The van der Waals surface area contributed by atoms with Crippen molar-refractivity contribution in [3.63, 3.8) is 0 Å². The molecule has 2 aromatic carbocycles. The second-order valence-corrected chi connectivity index (χ2v) is 6.18. The number of nitrogens with zero attached hydrogens (tertiary/aromatic N) is 3. The Bertz CT molecular complexity index is 957. The lowest BCUT2D eigenvalue weighted by Crippen LogP contribution is -2.34. The molecule has 0 unspecified atom stereocenters. The molecule has 0 aliphatic rings. The van der Waals surface area contributed by atoms with Gasteiger partial charge >= 0.3 is 0 Å². The largest absolute Gasteiger partial charge is 0.332 e. The van der Waals surface area contributed by atoms with E-state index in [0.29, 0.717) is 32.3 Å². The molecule has 1 aromatic heterocycles. The molecule has 0 saturated heterocycles. The minimum Gasteiger partial charge on any atom is -0.332 e. The van der Waals surface area contributed by atoms with E-state index in [-0.39, 0.29) is 18.4 Å². The molecule has 25 heavy (non-hydrogen) atoms. The van der Waals surface area contributed by atoms with Crippen molar-refractivity contribution in [2.24, 2.45) is 0 Å². The maximum absolute atomic E-state index is 12.4. The first kappa shape index (κ1) is 17.2. The normalized spacial score (nSPS) is 10.7. The highest BCUT2D eigenvalue weighted by atomic mass is 35.5. The zero-order valence-corrected chi connectivity index (χ0v) is 14.6. The fraction of sp³-hybridized carbons (Fsp3) is 0.125. The van der Waals surface area contributed by atoms with Gasteiger partial charge in [-0.15, -0.1) is 0 Å². The minimum absolute atomic E-state index is 0.115. The van der Waals surface area contributed by atoms with E-state index in [1.54, 1.807) is 43.4 Å². The smallest absolute Gasteiger partial charge is 0.254 e. The number of rotatable bonds is 4. The van der Waals surface area contributed by atoms with Gasteiger partial charge in [-0.25, -0.2) is 0 Å². The summed E-state index contributed by atoms with van der Waals surface area (Å²) in [7, 11) is 1.55. The van der Waals surface area contributed by atoms with E-state index in [9.17, 15) is 9.59 Å². The van der Waals surface area contributed by atoms with Gasteiger partial charge in [0.25, 0.3) is 5.91 Å². The number of anilines is 1. The Labute approximate surface area is 152 Å². The molecule has 0 spiro atoms. The van der Waals surface area contributed by atoms with Gasteiger partial charge in [-0.2, -0.15) is 15.4 Å². The molecule has 0 atom stereocenters. The molecule has 1 heterocycles. The third kappa shape index (κ3) is 3.89. The van der Waals surface area contributed by atoms with Crippen LogP contribution in [0.3, 0.4) is 0 Å². The van der Waals surface area contributed by atoms with Crippen molar-refractivity contribution < 1.29 is 9.59 Å². The molecule has 0 bridgehead atoms. The van der Waals surface area contributed by atoms with Crippen LogP contribution in [0.4, 0.5) is 5.69 Å². The minimum atomic E-state index is -0.350. The van der Waals surface area contributed by atoms with Crippen LogP contribution in [0.5, 0.6) is 0 Å². The predicted molar refractivity (Wildman–Crippen MR) is 95.9 cm³/mol. The first-order valence-electron chi connectivity index (χ1n) is 7.25. The molecule has 0 saturated carbocycles. The third-order valence-electron chi connectivity index (χ3n) is 3.49. The molecule has 0 fully saturated rings. The molecule has 0 radical (unpaired) electrons. The first-order chi connectivity index (χ1) is 11.9. The standard InChI is InChI=1S/C16H13Cl2N5O2/c1-23(8-15(24)19-10-3-4-11(17)12(18)7-10)16(25)9-2-5-13-14(6-9)21-22-20-13/h2-7H,8H2,1H3,(H,19,24)(H,20,21,22). The Hall–Kier alpha value is -2.64. The number of likely N-dealkylation sites (N-methyl/N-ethyl adjacent to an activating group) is 1. The molecule has 2 amide bonds. The van der Waals surface area contributed by atoms with E-state index in [4.69, 9.17) is 23.2 Å². The summed E-state index contributed by atoms with van der Waals surface area (Å²) >= 11 is 11.7. The fourth-order valence-electron chi connectivity index (χ4n) is 2.26. The summed E-state index contributed by atoms with van der Waals surface area (Å²) in [6, 6.07) is 9.71. The molecule has 0 aliphatic heterocycles. The highest BCUT2D eigenvalue weighted by Crippen LogP contribution is 2.25. The van der Waals surface area contributed by atoms with Crippen LogP contribution in [0.2, 0.25) is 10.0 Å². The number of H-pyrrole nitrogens is 1.